The normalized spacial score (nSPS) is 10.5. The van der Waals surface area contributed by atoms with Crippen LogP contribution in [0.5, 0.6) is 11.5 Å². The number of aryl methyl sites for hydroxylation is 1. The van der Waals surface area contributed by atoms with Crippen LogP contribution in [0.25, 0.3) is 0 Å². The molecule has 156 valence electrons. The maximum Gasteiger partial charge on any atom is 0.314 e. The molecule has 1 aromatic heterocycles. The lowest BCUT2D eigenvalue weighted by Gasteiger charge is -2.18. The molecule has 8 nitrogen and oxygen atoms in total. The van der Waals surface area contributed by atoms with Gasteiger partial charge >= 0.3 is 5.69 Å². The number of anilines is 2. The van der Waals surface area contributed by atoms with Crippen LogP contribution in [0.2, 0.25) is 0 Å². The molecule has 3 aromatic rings. The molecule has 1 amide bonds. The average Bonchev–Trinajstić information content (AvgIpc) is 3.20. The highest BCUT2D eigenvalue weighted by Gasteiger charge is 2.20. The van der Waals surface area contributed by atoms with Gasteiger partial charge in [-0.2, -0.15) is 0 Å². The second kappa shape index (κ2) is 9.36. The fourth-order valence-electron chi connectivity index (χ4n) is 2.81. The first kappa shape index (κ1) is 21.3. The van der Waals surface area contributed by atoms with Crippen LogP contribution >= 0.6 is 11.3 Å². The number of hydrogen-bond donors (Lipinski definition) is 0. The molecule has 0 saturated heterocycles. The Morgan fingerprint density at radius 1 is 1.23 bits per heavy atom. The second-order valence-electron chi connectivity index (χ2n) is 6.38. The number of methoxy groups -OCH3 is 1. The zero-order chi connectivity index (χ0) is 21.7. The third-order valence-electron chi connectivity index (χ3n) is 4.39. The topological polar surface area (TPSA) is 94.8 Å². The number of benzene rings is 2. The predicted molar refractivity (Wildman–Crippen MR) is 115 cm³/mol. The van der Waals surface area contributed by atoms with Crippen LogP contribution < -0.4 is 14.4 Å². The summed E-state index contributed by atoms with van der Waals surface area (Å²) in [5.41, 5.74) is 2.28. The van der Waals surface area contributed by atoms with E-state index < -0.39 is 4.92 Å². The Kier molecular flexibility index (Phi) is 6.63. The second-order valence-corrected chi connectivity index (χ2v) is 7.21. The molecule has 0 N–H and O–H groups in total. The van der Waals surface area contributed by atoms with Gasteiger partial charge in [0, 0.05) is 12.3 Å². The van der Waals surface area contributed by atoms with Crippen molar-refractivity contribution < 1.29 is 19.2 Å². The Balaban J connectivity index is 1.78. The van der Waals surface area contributed by atoms with Crippen molar-refractivity contribution in [2.45, 2.75) is 26.9 Å². The van der Waals surface area contributed by atoms with Crippen LogP contribution in [-0.4, -0.2) is 22.9 Å². The number of aromatic nitrogens is 1. The molecule has 0 atom stereocenters. The molecule has 0 unspecified atom stereocenters. The van der Waals surface area contributed by atoms with Gasteiger partial charge in [0.25, 0.3) is 0 Å². The van der Waals surface area contributed by atoms with E-state index in [0.29, 0.717) is 16.6 Å². The number of rotatable bonds is 8. The van der Waals surface area contributed by atoms with Crippen molar-refractivity contribution in [3.05, 3.63) is 69.2 Å². The zero-order valence-corrected chi connectivity index (χ0v) is 17.6. The maximum absolute atomic E-state index is 12.2. The van der Waals surface area contributed by atoms with Gasteiger partial charge in [-0.15, -0.1) is 11.3 Å². The molecule has 3 rings (SSSR count). The van der Waals surface area contributed by atoms with E-state index in [-0.39, 0.29) is 24.0 Å². The maximum atomic E-state index is 12.2. The van der Waals surface area contributed by atoms with Gasteiger partial charge in [0.05, 0.1) is 29.5 Å². The van der Waals surface area contributed by atoms with Crippen molar-refractivity contribution >= 4 is 33.8 Å². The summed E-state index contributed by atoms with van der Waals surface area (Å²) in [7, 11) is 1.44. The van der Waals surface area contributed by atoms with E-state index in [2.05, 4.69) is 11.9 Å². The number of carbonyl (C=O) groups excluding carboxylic acids is 1. The van der Waals surface area contributed by atoms with Gasteiger partial charge in [0.15, 0.2) is 10.9 Å². The van der Waals surface area contributed by atoms with Crippen molar-refractivity contribution in [3.8, 4) is 11.5 Å². The Morgan fingerprint density at radius 2 is 1.97 bits per heavy atom. The lowest BCUT2D eigenvalue weighted by molar-refractivity contribution is -0.386. The van der Waals surface area contributed by atoms with Gasteiger partial charge in [0.1, 0.15) is 12.4 Å². The molecule has 0 saturated carbocycles. The molecule has 0 aliphatic rings. The van der Waals surface area contributed by atoms with Crippen molar-refractivity contribution in [2.24, 2.45) is 0 Å². The summed E-state index contributed by atoms with van der Waals surface area (Å²) in [4.78, 5) is 29.0. The van der Waals surface area contributed by atoms with Gasteiger partial charge in [-0.05, 0) is 36.2 Å². The molecular formula is C21H21N3O5S. The first-order valence-electron chi connectivity index (χ1n) is 9.22. The fourth-order valence-corrected chi connectivity index (χ4v) is 3.69. The van der Waals surface area contributed by atoms with Crippen molar-refractivity contribution in [1.82, 2.24) is 4.98 Å². The smallest absolute Gasteiger partial charge is 0.314 e. The Labute approximate surface area is 177 Å². The summed E-state index contributed by atoms with van der Waals surface area (Å²) in [6.45, 7) is 3.58. The molecule has 30 heavy (non-hydrogen) atoms. The monoisotopic (exact) mass is 427 g/mol. The largest absolute Gasteiger partial charge is 0.496 e. The fraction of sp³-hybridized carbons (Fsp3) is 0.238. The van der Waals surface area contributed by atoms with E-state index in [1.165, 1.54) is 48.0 Å². The van der Waals surface area contributed by atoms with E-state index in [9.17, 15) is 14.9 Å². The number of nitro benzene ring substituents is 1. The number of carbonyl (C=O) groups is 1. The number of hydrogen-bond acceptors (Lipinski definition) is 7. The number of ether oxygens (including phenoxy) is 2. The van der Waals surface area contributed by atoms with E-state index >= 15 is 0 Å². The average molecular weight is 427 g/mol. The molecule has 1 heterocycles. The van der Waals surface area contributed by atoms with E-state index in [0.717, 1.165) is 12.1 Å². The van der Waals surface area contributed by atoms with Gasteiger partial charge in [-0.3, -0.25) is 19.8 Å². The van der Waals surface area contributed by atoms with Crippen molar-refractivity contribution in [2.75, 3.05) is 12.0 Å². The summed E-state index contributed by atoms with van der Waals surface area (Å²) in [5, 5.41) is 13.6. The van der Waals surface area contributed by atoms with Crippen LogP contribution in [0, 0.1) is 10.1 Å². The summed E-state index contributed by atoms with van der Waals surface area (Å²) < 4.78 is 10.6. The molecular weight excluding hydrogens is 406 g/mol. The first-order valence-corrected chi connectivity index (χ1v) is 10.1. The molecule has 0 aliphatic heterocycles. The van der Waals surface area contributed by atoms with E-state index in [1.54, 1.807) is 11.4 Å². The molecule has 9 heteroatoms. The summed E-state index contributed by atoms with van der Waals surface area (Å²) >= 11 is 1.30. The number of thiazole rings is 1. The number of nitro groups is 1. The van der Waals surface area contributed by atoms with E-state index in [4.69, 9.17) is 9.47 Å². The number of amides is 1. The van der Waals surface area contributed by atoms with E-state index in [1.807, 2.05) is 24.3 Å². The molecule has 2 aromatic carbocycles. The minimum absolute atomic E-state index is 0.0319. The highest BCUT2D eigenvalue weighted by molar-refractivity contribution is 7.14. The Bertz CT molecular complexity index is 1050. The Hall–Kier alpha value is -3.46. The minimum atomic E-state index is -0.526. The van der Waals surface area contributed by atoms with Gasteiger partial charge in [0.2, 0.25) is 5.91 Å². The lowest BCUT2D eigenvalue weighted by Crippen LogP contribution is -2.22. The standard InChI is InChI=1S/C21H21N3O5S/c1-4-15-5-7-17(8-6-15)23(14(2)25)21-22-16(13-30-21)12-29-20-10-9-18(28-3)11-19(20)24(26)27/h5-11,13H,4,12H2,1-3H3. The Morgan fingerprint density at radius 3 is 2.57 bits per heavy atom. The van der Waals surface area contributed by atoms with Crippen LogP contribution in [0.4, 0.5) is 16.5 Å². The van der Waals surface area contributed by atoms with Crippen molar-refractivity contribution in [3.63, 3.8) is 0 Å². The summed E-state index contributed by atoms with van der Waals surface area (Å²) in [5.74, 6) is 0.331. The summed E-state index contributed by atoms with van der Waals surface area (Å²) in [6, 6.07) is 12.1. The van der Waals surface area contributed by atoms with Gasteiger partial charge < -0.3 is 9.47 Å². The van der Waals surface area contributed by atoms with Gasteiger partial charge in [-0.1, -0.05) is 19.1 Å². The quantitative estimate of drug-likeness (QED) is 0.375. The lowest BCUT2D eigenvalue weighted by atomic mass is 10.1. The molecule has 0 aliphatic carbocycles. The van der Waals surface area contributed by atoms with Crippen LogP contribution in [0.15, 0.2) is 47.8 Å². The summed E-state index contributed by atoms with van der Waals surface area (Å²) in [6.07, 6.45) is 0.913. The first-order chi connectivity index (χ1) is 14.4. The SMILES string of the molecule is CCc1ccc(N(C(C)=O)c2nc(COc3ccc(OC)cc3[N+](=O)[O-])cs2)cc1. The molecule has 0 fully saturated rings. The number of nitrogens with zero attached hydrogens (tertiary/aromatic N) is 3. The predicted octanol–water partition coefficient (Wildman–Crippen LogP) is 4.89. The molecule has 0 bridgehead atoms. The highest BCUT2D eigenvalue weighted by Crippen LogP contribution is 2.33. The molecule has 0 radical (unpaired) electrons. The third kappa shape index (κ3) is 4.74. The van der Waals surface area contributed by atoms with Crippen molar-refractivity contribution in [1.29, 1.82) is 0 Å². The molecule has 0 spiro atoms. The zero-order valence-electron chi connectivity index (χ0n) is 16.8. The minimum Gasteiger partial charge on any atom is -0.496 e. The van der Waals surface area contributed by atoms with Gasteiger partial charge in [-0.25, -0.2) is 4.98 Å². The highest BCUT2D eigenvalue weighted by atomic mass is 32.1. The third-order valence-corrected chi connectivity index (χ3v) is 5.26. The van der Waals surface area contributed by atoms with Crippen LogP contribution in [0.1, 0.15) is 25.1 Å². The van der Waals surface area contributed by atoms with Crippen LogP contribution in [-0.2, 0) is 17.8 Å². The van der Waals surface area contributed by atoms with Crippen LogP contribution in [0.3, 0.4) is 0 Å².